The van der Waals surface area contributed by atoms with E-state index in [1.54, 1.807) is 13.2 Å². The Balaban J connectivity index is 3.08. The highest BCUT2D eigenvalue weighted by Gasteiger charge is 2.04. The first kappa shape index (κ1) is 9.73. The fourth-order valence-corrected chi connectivity index (χ4v) is 1.07. The normalized spacial score (nSPS) is 10.8. The summed E-state index contributed by atoms with van der Waals surface area (Å²) in [6.07, 6.45) is 1.71. The summed E-state index contributed by atoms with van der Waals surface area (Å²) < 4.78 is 1.43. The van der Waals surface area contributed by atoms with E-state index >= 15 is 0 Å². The van der Waals surface area contributed by atoms with Gasteiger partial charge in [-0.2, -0.15) is 4.98 Å². The van der Waals surface area contributed by atoms with E-state index in [1.165, 1.54) is 4.57 Å². The van der Waals surface area contributed by atoms with Gasteiger partial charge in [-0.15, -0.1) is 0 Å². The third-order valence-corrected chi connectivity index (χ3v) is 1.68. The Bertz CT molecular complexity index is 356. The zero-order chi connectivity index (χ0) is 10.0. The van der Waals surface area contributed by atoms with Gasteiger partial charge in [0.15, 0.2) is 0 Å². The summed E-state index contributed by atoms with van der Waals surface area (Å²) in [6.45, 7) is 0.687. The molecule has 0 aliphatic rings. The molecule has 0 fully saturated rings. The maximum atomic E-state index is 11.0. The van der Waals surface area contributed by atoms with Crippen LogP contribution in [0, 0.1) is 0 Å². The van der Waals surface area contributed by atoms with Crippen LogP contribution >= 0.6 is 0 Å². The summed E-state index contributed by atoms with van der Waals surface area (Å²) in [5, 5.41) is 0. The Morgan fingerprint density at radius 3 is 2.77 bits per heavy atom. The van der Waals surface area contributed by atoms with Gasteiger partial charge in [-0.25, -0.2) is 4.79 Å². The highest BCUT2D eigenvalue weighted by Crippen LogP contribution is 2.05. The molecule has 0 spiro atoms. The van der Waals surface area contributed by atoms with Gasteiger partial charge in [-0.3, -0.25) is 0 Å². The predicted octanol–water partition coefficient (Wildman–Crippen LogP) is -0.576. The second-order valence-electron chi connectivity index (χ2n) is 3.28. The number of nitrogen functional groups attached to an aromatic ring is 1. The average molecular weight is 182 g/mol. The van der Waals surface area contributed by atoms with Gasteiger partial charge in [0.1, 0.15) is 5.82 Å². The molecule has 0 radical (unpaired) electrons. The molecule has 0 saturated heterocycles. The molecule has 0 amide bonds. The van der Waals surface area contributed by atoms with Gasteiger partial charge >= 0.3 is 5.69 Å². The smallest absolute Gasteiger partial charge is 0.349 e. The van der Waals surface area contributed by atoms with Gasteiger partial charge < -0.3 is 15.2 Å². The van der Waals surface area contributed by atoms with Gasteiger partial charge in [0.2, 0.25) is 0 Å². The van der Waals surface area contributed by atoms with E-state index in [4.69, 9.17) is 5.73 Å². The lowest BCUT2D eigenvalue weighted by Crippen LogP contribution is -2.24. The van der Waals surface area contributed by atoms with Crippen molar-refractivity contribution < 1.29 is 0 Å². The lowest BCUT2D eigenvalue weighted by molar-refractivity contribution is 0.401. The van der Waals surface area contributed by atoms with Crippen LogP contribution in [0.2, 0.25) is 0 Å². The third-order valence-electron chi connectivity index (χ3n) is 1.68. The van der Waals surface area contributed by atoms with E-state index in [9.17, 15) is 4.79 Å². The van der Waals surface area contributed by atoms with Crippen LogP contribution < -0.4 is 11.4 Å². The van der Waals surface area contributed by atoms with Gasteiger partial charge in [0.05, 0.1) is 0 Å². The largest absolute Gasteiger partial charge is 0.383 e. The van der Waals surface area contributed by atoms with E-state index in [0.717, 1.165) is 5.56 Å². The molecule has 5 heteroatoms. The summed E-state index contributed by atoms with van der Waals surface area (Å²) in [6, 6.07) is 0. The van der Waals surface area contributed by atoms with Crippen molar-refractivity contribution in [1.29, 1.82) is 0 Å². The SMILES string of the molecule is CN(C)Cc1cn(C)c(=O)nc1N. The highest BCUT2D eigenvalue weighted by atomic mass is 16.1. The number of nitrogens with two attached hydrogens (primary N) is 1. The van der Waals surface area contributed by atoms with Crippen molar-refractivity contribution in [3.8, 4) is 0 Å². The quantitative estimate of drug-likeness (QED) is 0.665. The zero-order valence-electron chi connectivity index (χ0n) is 8.11. The number of aryl methyl sites for hydroxylation is 1. The molecule has 1 aromatic heterocycles. The average Bonchev–Trinajstić information content (AvgIpc) is 1.99. The molecule has 5 nitrogen and oxygen atoms in total. The molecule has 0 bridgehead atoms. The molecule has 1 heterocycles. The molecule has 1 rings (SSSR count). The van der Waals surface area contributed by atoms with Crippen molar-refractivity contribution in [1.82, 2.24) is 14.5 Å². The Morgan fingerprint density at radius 1 is 1.62 bits per heavy atom. The molecule has 0 aliphatic carbocycles. The Morgan fingerprint density at radius 2 is 2.23 bits per heavy atom. The Hall–Kier alpha value is -1.36. The van der Waals surface area contributed by atoms with Gasteiger partial charge in [-0.1, -0.05) is 0 Å². The van der Waals surface area contributed by atoms with Crippen LogP contribution in [0.4, 0.5) is 5.82 Å². The van der Waals surface area contributed by atoms with E-state index in [1.807, 2.05) is 19.0 Å². The topological polar surface area (TPSA) is 64.2 Å². The van der Waals surface area contributed by atoms with E-state index in [0.29, 0.717) is 12.4 Å². The zero-order valence-corrected chi connectivity index (χ0v) is 8.11. The molecule has 0 unspecified atom stereocenters. The molecule has 1 aromatic rings. The van der Waals surface area contributed by atoms with Crippen LogP contribution in [0.3, 0.4) is 0 Å². The summed E-state index contributed by atoms with van der Waals surface area (Å²) in [4.78, 5) is 16.7. The number of rotatable bonds is 2. The molecule has 72 valence electrons. The van der Waals surface area contributed by atoms with Crippen LogP contribution in [0.25, 0.3) is 0 Å². The first-order valence-corrected chi connectivity index (χ1v) is 3.97. The lowest BCUT2D eigenvalue weighted by Gasteiger charge is -2.11. The summed E-state index contributed by atoms with van der Waals surface area (Å²) in [7, 11) is 5.53. The van der Waals surface area contributed by atoms with Crippen molar-refractivity contribution in [2.75, 3.05) is 19.8 Å². The maximum absolute atomic E-state index is 11.0. The van der Waals surface area contributed by atoms with Crippen molar-refractivity contribution in [2.45, 2.75) is 6.54 Å². The fraction of sp³-hybridized carbons (Fsp3) is 0.500. The molecule has 0 saturated carbocycles. The number of hydrogen-bond acceptors (Lipinski definition) is 4. The lowest BCUT2D eigenvalue weighted by atomic mass is 10.3. The number of hydrogen-bond donors (Lipinski definition) is 1. The molecule has 0 aromatic carbocycles. The first-order valence-electron chi connectivity index (χ1n) is 3.97. The molecule has 0 aliphatic heterocycles. The molecular formula is C8H14N4O. The minimum absolute atomic E-state index is 0.316. The van der Waals surface area contributed by atoms with Crippen LogP contribution in [-0.4, -0.2) is 28.5 Å². The Kier molecular flexibility index (Phi) is 2.67. The van der Waals surface area contributed by atoms with Gasteiger partial charge in [0.25, 0.3) is 0 Å². The van der Waals surface area contributed by atoms with Crippen molar-refractivity contribution in [3.05, 3.63) is 22.2 Å². The van der Waals surface area contributed by atoms with Gasteiger partial charge in [0, 0.05) is 25.4 Å². The molecule has 13 heavy (non-hydrogen) atoms. The van der Waals surface area contributed by atoms with Crippen LogP contribution in [-0.2, 0) is 13.6 Å². The van der Waals surface area contributed by atoms with Crippen molar-refractivity contribution >= 4 is 5.82 Å². The standard InChI is InChI=1S/C8H14N4O/c1-11(2)4-6-5-12(3)8(13)10-7(6)9/h5H,4H2,1-3H3,(H2,9,10,13). The third kappa shape index (κ3) is 2.29. The van der Waals surface area contributed by atoms with E-state index in [-0.39, 0.29) is 5.69 Å². The van der Waals surface area contributed by atoms with Crippen LogP contribution in [0.15, 0.2) is 11.0 Å². The Labute approximate surface area is 76.8 Å². The minimum Gasteiger partial charge on any atom is -0.383 e. The van der Waals surface area contributed by atoms with Gasteiger partial charge in [-0.05, 0) is 14.1 Å². The monoisotopic (exact) mass is 182 g/mol. The number of aromatic nitrogens is 2. The van der Waals surface area contributed by atoms with Crippen LogP contribution in [0.5, 0.6) is 0 Å². The first-order chi connectivity index (χ1) is 6.00. The maximum Gasteiger partial charge on any atom is 0.349 e. The second kappa shape index (κ2) is 3.57. The van der Waals surface area contributed by atoms with E-state index in [2.05, 4.69) is 4.98 Å². The fourth-order valence-electron chi connectivity index (χ4n) is 1.07. The number of nitrogens with zero attached hydrogens (tertiary/aromatic N) is 3. The van der Waals surface area contributed by atoms with Crippen molar-refractivity contribution in [3.63, 3.8) is 0 Å². The number of anilines is 1. The predicted molar refractivity (Wildman–Crippen MR) is 51.3 cm³/mol. The summed E-state index contributed by atoms with van der Waals surface area (Å²) in [5.41, 5.74) is 6.14. The summed E-state index contributed by atoms with van der Waals surface area (Å²) >= 11 is 0. The molecular weight excluding hydrogens is 168 g/mol. The van der Waals surface area contributed by atoms with E-state index < -0.39 is 0 Å². The highest BCUT2D eigenvalue weighted by molar-refractivity contribution is 5.36. The van der Waals surface area contributed by atoms with Crippen LogP contribution in [0.1, 0.15) is 5.56 Å². The second-order valence-corrected chi connectivity index (χ2v) is 3.28. The molecule has 0 atom stereocenters. The summed E-state index contributed by atoms with van der Waals surface area (Å²) in [5.74, 6) is 0.316. The van der Waals surface area contributed by atoms with Crippen molar-refractivity contribution in [2.24, 2.45) is 7.05 Å². The minimum atomic E-state index is -0.319. The molecule has 2 N–H and O–H groups in total.